The normalized spacial score (nSPS) is 11.2. The molecule has 2 heterocycles. The van der Waals surface area contributed by atoms with E-state index in [0.717, 1.165) is 0 Å². The lowest BCUT2D eigenvalue weighted by atomic mass is 10.2. The van der Waals surface area contributed by atoms with Gasteiger partial charge in [-0.15, -0.1) is 0 Å². The lowest BCUT2D eigenvalue weighted by Crippen LogP contribution is -2.25. The van der Waals surface area contributed by atoms with Crippen LogP contribution in [0.1, 0.15) is 22.5 Å². The quantitative estimate of drug-likeness (QED) is 0.642. The summed E-state index contributed by atoms with van der Waals surface area (Å²) >= 11 is 0. The fourth-order valence-corrected chi connectivity index (χ4v) is 2.74. The largest absolute Gasteiger partial charge is 0.318 e. The Balaban J connectivity index is 1.94. The Hall–Kier alpha value is -2.61. The van der Waals surface area contributed by atoms with Crippen LogP contribution in [0.25, 0.3) is 17.8 Å². The Bertz CT molecular complexity index is 794. The molecule has 2 nitrogen and oxygen atoms in total. The van der Waals surface area contributed by atoms with Crippen LogP contribution in [0.4, 0.5) is 0 Å². The van der Waals surface area contributed by atoms with E-state index in [9.17, 15) is 0 Å². The molecule has 1 aromatic carbocycles. The average molecular weight is 289 g/mol. The predicted molar refractivity (Wildman–Crippen MR) is 91.8 cm³/mol. The minimum Gasteiger partial charge on any atom is -0.318 e. The van der Waals surface area contributed by atoms with Gasteiger partial charge in [0.1, 0.15) is 7.05 Å². The van der Waals surface area contributed by atoms with Gasteiger partial charge in [0.2, 0.25) is 0 Å². The molecular formula is C20H21N2+. The molecule has 0 saturated heterocycles. The van der Waals surface area contributed by atoms with Crippen LogP contribution in [-0.2, 0) is 7.05 Å². The molecule has 0 atom stereocenters. The SMILES string of the molecule is Cc1cc(/C=C/c2cc[n+](C)cc2)c(C)n1-c1ccccc1. The van der Waals surface area contributed by atoms with Crippen LogP contribution in [-0.4, -0.2) is 4.57 Å². The van der Waals surface area contributed by atoms with Gasteiger partial charge < -0.3 is 4.57 Å². The van der Waals surface area contributed by atoms with Gasteiger partial charge >= 0.3 is 0 Å². The molecule has 110 valence electrons. The zero-order chi connectivity index (χ0) is 15.5. The molecule has 2 aromatic heterocycles. The van der Waals surface area contributed by atoms with Gasteiger partial charge in [0.25, 0.3) is 0 Å². The predicted octanol–water partition coefficient (Wildman–Crippen LogP) is 4.09. The van der Waals surface area contributed by atoms with Crippen LogP contribution >= 0.6 is 0 Å². The summed E-state index contributed by atoms with van der Waals surface area (Å²) in [6, 6.07) is 17.0. The van der Waals surface area contributed by atoms with Gasteiger partial charge in [-0.3, -0.25) is 0 Å². The zero-order valence-corrected chi connectivity index (χ0v) is 13.3. The summed E-state index contributed by atoms with van der Waals surface area (Å²) in [5.74, 6) is 0. The van der Waals surface area contributed by atoms with Gasteiger partial charge in [-0.2, -0.15) is 0 Å². The molecule has 0 aliphatic carbocycles. The van der Waals surface area contributed by atoms with Crippen molar-refractivity contribution in [2.75, 3.05) is 0 Å². The fourth-order valence-electron chi connectivity index (χ4n) is 2.74. The fraction of sp³-hybridized carbons (Fsp3) is 0.150. The molecule has 0 saturated carbocycles. The van der Waals surface area contributed by atoms with Crippen molar-refractivity contribution in [3.63, 3.8) is 0 Å². The monoisotopic (exact) mass is 289 g/mol. The van der Waals surface area contributed by atoms with Crippen LogP contribution in [0.2, 0.25) is 0 Å². The van der Waals surface area contributed by atoms with Crippen molar-refractivity contribution in [2.24, 2.45) is 7.05 Å². The molecule has 0 fully saturated rings. The van der Waals surface area contributed by atoms with E-state index >= 15 is 0 Å². The van der Waals surface area contributed by atoms with Gasteiger partial charge in [-0.05, 0) is 43.2 Å². The minimum absolute atomic E-state index is 1.21. The summed E-state index contributed by atoms with van der Waals surface area (Å²) < 4.78 is 4.34. The van der Waals surface area contributed by atoms with E-state index in [1.54, 1.807) is 0 Å². The number of aryl methyl sites for hydroxylation is 2. The molecule has 22 heavy (non-hydrogen) atoms. The number of nitrogens with zero attached hydrogens (tertiary/aromatic N) is 2. The Morgan fingerprint density at radius 1 is 0.909 bits per heavy atom. The molecule has 0 unspecified atom stereocenters. The first-order chi connectivity index (χ1) is 10.6. The summed E-state index contributed by atoms with van der Waals surface area (Å²) in [7, 11) is 2.03. The number of benzene rings is 1. The molecule has 0 N–H and O–H groups in total. The maximum Gasteiger partial charge on any atom is 0.169 e. The maximum absolute atomic E-state index is 2.30. The summed E-state index contributed by atoms with van der Waals surface area (Å²) in [5.41, 5.74) is 6.20. The molecule has 0 spiro atoms. The number of rotatable bonds is 3. The second-order valence-corrected chi connectivity index (χ2v) is 5.63. The number of hydrogen-bond donors (Lipinski definition) is 0. The maximum atomic E-state index is 2.30. The third-order valence-corrected chi connectivity index (χ3v) is 3.94. The zero-order valence-electron chi connectivity index (χ0n) is 13.3. The lowest BCUT2D eigenvalue weighted by Gasteiger charge is -2.09. The first-order valence-electron chi connectivity index (χ1n) is 7.53. The number of pyridine rings is 1. The van der Waals surface area contributed by atoms with E-state index in [4.69, 9.17) is 0 Å². The highest BCUT2D eigenvalue weighted by Crippen LogP contribution is 2.22. The molecule has 0 aliphatic rings. The van der Waals surface area contributed by atoms with Crippen molar-refractivity contribution in [1.82, 2.24) is 4.57 Å². The first-order valence-corrected chi connectivity index (χ1v) is 7.53. The number of para-hydroxylation sites is 1. The Morgan fingerprint density at radius 2 is 1.59 bits per heavy atom. The third kappa shape index (κ3) is 2.86. The number of aromatic nitrogens is 2. The van der Waals surface area contributed by atoms with Crippen LogP contribution in [0.15, 0.2) is 60.9 Å². The van der Waals surface area contributed by atoms with E-state index in [1.165, 1.54) is 28.2 Å². The van der Waals surface area contributed by atoms with Gasteiger partial charge in [-0.1, -0.05) is 30.4 Å². The Labute approximate surface area is 132 Å². The highest BCUT2D eigenvalue weighted by molar-refractivity contribution is 5.71. The van der Waals surface area contributed by atoms with Crippen molar-refractivity contribution in [3.8, 4) is 5.69 Å². The molecule has 0 bridgehead atoms. The van der Waals surface area contributed by atoms with Gasteiger partial charge in [0.15, 0.2) is 12.4 Å². The average Bonchev–Trinajstić information content (AvgIpc) is 2.82. The minimum atomic E-state index is 1.21. The molecule has 0 aliphatic heterocycles. The summed E-state index contributed by atoms with van der Waals surface area (Å²) in [6.07, 6.45) is 8.48. The summed E-state index contributed by atoms with van der Waals surface area (Å²) in [6.45, 7) is 4.32. The molecule has 3 rings (SSSR count). The second-order valence-electron chi connectivity index (χ2n) is 5.63. The van der Waals surface area contributed by atoms with E-state index in [2.05, 4.69) is 85.4 Å². The van der Waals surface area contributed by atoms with E-state index < -0.39 is 0 Å². The highest BCUT2D eigenvalue weighted by Gasteiger charge is 2.08. The molecule has 3 aromatic rings. The van der Waals surface area contributed by atoms with Crippen LogP contribution in [0.3, 0.4) is 0 Å². The van der Waals surface area contributed by atoms with E-state index in [1.807, 2.05) is 17.7 Å². The van der Waals surface area contributed by atoms with E-state index in [0.29, 0.717) is 0 Å². The summed E-state index contributed by atoms with van der Waals surface area (Å²) in [4.78, 5) is 0. The van der Waals surface area contributed by atoms with E-state index in [-0.39, 0.29) is 0 Å². The van der Waals surface area contributed by atoms with Crippen molar-refractivity contribution in [2.45, 2.75) is 13.8 Å². The van der Waals surface area contributed by atoms with Crippen LogP contribution in [0.5, 0.6) is 0 Å². The van der Waals surface area contributed by atoms with Gasteiger partial charge in [-0.25, -0.2) is 4.57 Å². The Kier molecular flexibility index (Phi) is 3.92. The molecule has 0 radical (unpaired) electrons. The van der Waals surface area contributed by atoms with Crippen LogP contribution in [0, 0.1) is 13.8 Å². The lowest BCUT2D eigenvalue weighted by molar-refractivity contribution is -0.671. The smallest absolute Gasteiger partial charge is 0.169 e. The van der Waals surface area contributed by atoms with Crippen LogP contribution < -0.4 is 4.57 Å². The molecular weight excluding hydrogens is 268 g/mol. The standard InChI is InChI=1S/C20H21N2/c1-16-15-19(10-9-18-11-13-21(3)14-12-18)17(2)22(16)20-7-5-4-6-8-20/h4-15H,1-3H3/q+1. The topological polar surface area (TPSA) is 8.81 Å². The van der Waals surface area contributed by atoms with Crippen molar-refractivity contribution in [3.05, 3.63) is 83.4 Å². The van der Waals surface area contributed by atoms with Crippen molar-refractivity contribution < 1.29 is 4.57 Å². The number of hydrogen-bond acceptors (Lipinski definition) is 0. The third-order valence-electron chi connectivity index (χ3n) is 3.94. The van der Waals surface area contributed by atoms with Crippen molar-refractivity contribution in [1.29, 1.82) is 0 Å². The van der Waals surface area contributed by atoms with Crippen molar-refractivity contribution >= 4 is 12.2 Å². The second kappa shape index (κ2) is 6.02. The Morgan fingerprint density at radius 3 is 2.27 bits per heavy atom. The first kappa shape index (κ1) is 14.3. The summed E-state index contributed by atoms with van der Waals surface area (Å²) in [5, 5.41) is 0. The van der Waals surface area contributed by atoms with Gasteiger partial charge in [0.05, 0.1) is 0 Å². The van der Waals surface area contributed by atoms with Gasteiger partial charge in [0, 0.05) is 29.2 Å². The highest BCUT2D eigenvalue weighted by atomic mass is 15.0. The molecule has 2 heteroatoms. The molecule has 0 amide bonds.